The molecule has 0 radical (unpaired) electrons. The van der Waals surface area contributed by atoms with E-state index in [1.807, 2.05) is 0 Å². The Morgan fingerprint density at radius 1 is 0.803 bits per heavy atom. The summed E-state index contributed by atoms with van der Waals surface area (Å²) < 4.78 is 83.9. The van der Waals surface area contributed by atoms with Gasteiger partial charge in [0.2, 0.25) is 5.91 Å². The van der Waals surface area contributed by atoms with Gasteiger partial charge in [-0.2, -0.15) is 5.10 Å². The summed E-state index contributed by atoms with van der Waals surface area (Å²) in [5, 5.41) is 27.9. The highest BCUT2D eigenvalue weighted by Crippen LogP contribution is 2.34. The number of halogens is 6. The molecule has 4 aromatic carbocycles. The lowest BCUT2D eigenvalue weighted by atomic mass is 9.79. The van der Waals surface area contributed by atoms with Crippen molar-refractivity contribution in [2.75, 3.05) is 18.8 Å². The molecule has 0 saturated carbocycles. The number of carbonyl (C=O) groups is 3. The van der Waals surface area contributed by atoms with Crippen molar-refractivity contribution < 1.29 is 50.8 Å². The number of fused-ring (bicyclic) bond motifs is 1. The highest BCUT2D eigenvalue weighted by Gasteiger charge is 2.28. The van der Waals surface area contributed by atoms with Gasteiger partial charge in [-0.1, -0.05) is 18.7 Å². The van der Waals surface area contributed by atoms with Crippen LogP contribution < -0.4 is 21.8 Å². The summed E-state index contributed by atoms with van der Waals surface area (Å²) in [6.07, 6.45) is 4.11. The Morgan fingerprint density at radius 2 is 1.38 bits per heavy atom. The first-order valence-electron chi connectivity index (χ1n) is 18.4. The number of benzene rings is 4. The Bertz CT molecular complexity index is 2650. The summed E-state index contributed by atoms with van der Waals surface area (Å²) in [6.45, 7) is 3.97. The van der Waals surface area contributed by atoms with Gasteiger partial charge in [-0.15, -0.1) is 0 Å². The highest BCUT2D eigenvalue weighted by atomic mass is 19.1. The molecule has 3 heterocycles. The molecular formula is C41H35BF6N8O5. The average molecular weight is 845 g/mol. The van der Waals surface area contributed by atoms with Crippen LogP contribution in [0, 0.1) is 34.9 Å². The summed E-state index contributed by atoms with van der Waals surface area (Å²) in [4.78, 5) is 46.6. The molecule has 20 heteroatoms. The average Bonchev–Trinajstić information content (AvgIpc) is 3.65. The number of anilines is 1. The van der Waals surface area contributed by atoms with Crippen molar-refractivity contribution in [3.63, 3.8) is 0 Å². The predicted molar refractivity (Wildman–Crippen MR) is 211 cm³/mol. The van der Waals surface area contributed by atoms with Crippen molar-refractivity contribution in [3.8, 4) is 11.3 Å². The normalized spacial score (nSPS) is 13.6. The minimum absolute atomic E-state index is 0.0178. The Kier molecular flexibility index (Phi) is 13.5. The number of carbonyl (C=O) groups excluding carboxylic acids is 3. The first kappa shape index (κ1) is 43.5. The Morgan fingerprint density at radius 3 is 1.97 bits per heavy atom. The number of piperidine rings is 1. The largest absolute Gasteiger partial charge is 0.488 e. The van der Waals surface area contributed by atoms with E-state index in [2.05, 4.69) is 27.2 Å². The van der Waals surface area contributed by atoms with Crippen LogP contribution in [0.4, 0.5) is 32.2 Å². The van der Waals surface area contributed by atoms with Gasteiger partial charge >= 0.3 is 7.12 Å². The molecule has 7 rings (SSSR count). The van der Waals surface area contributed by atoms with Crippen LogP contribution in [-0.4, -0.2) is 72.6 Å². The second-order valence-electron chi connectivity index (χ2n) is 13.7. The molecule has 0 bridgehead atoms. The van der Waals surface area contributed by atoms with Crippen LogP contribution in [0.1, 0.15) is 50.7 Å². The smallest absolute Gasteiger partial charge is 0.423 e. The molecule has 61 heavy (non-hydrogen) atoms. The number of nitrogens with two attached hydrogens (primary N) is 1. The number of nitrogen functional groups attached to an aromatic ring is 1. The molecular weight excluding hydrogens is 809 g/mol. The molecule has 1 saturated heterocycles. The third kappa shape index (κ3) is 10.0. The van der Waals surface area contributed by atoms with E-state index in [9.17, 15) is 40.7 Å². The van der Waals surface area contributed by atoms with Crippen LogP contribution in [0.15, 0.2) is 91.8 Å². The molecule has 2 aromatic heterocycles. The molecule has 0 unspecified atom stereocenters. The Hall–Kier alpha value is -7.06. The molecule has 1 atom stereocenters. The van der Waals surface area contributed by atoms with Crippen molar-refractivity contribution in [1.29, 1.82) is 0 Å². The second-order valence-corrected chi connectivity index (χ2v) is 13.7. The van der Waals surface area contributed by atoms with E-state index in [4.69, 9.17) is 20.9 Å². The standard InChI is InChI=1S/C27H24F3N7O2.C14H11BF3NO3/c1-2-22(38)36-9-3-4-18(13-36)37-26-23(25(31)33-14-34-26)24(35-37)15-5-7-20(29)16(10-15)12-32-27(39)19-11-17(28)6-8-21(19)30;16-10-2-4-13(18)11(6-10)14(20)19-7-8-5-9(15(21)22)1-3-12(8)17/h2,5-8,10-11,14,18H,1,3-4,9,12-13H2,(H,32,39)(H2,31,33,34);1-6,21-22H,7H2,(H,19,20)/t18-;/m1./s1. The topological polar surface area (TPSA) is 189 Å². The van der Waals surface area contributed by atoms with Crippen LogP contribution in [-0.2, 0) is 17.9 Å². The summed E-state index contributed by atoms with van der Waals surface area (Å²) in [5.74, 6) is -6.43. The van der Waals surface area contributed by atoms with Crippen molar-refractivity contribution in [2.45, 2.75) is 32.0 Å². The molecule has 6 aromatic rings. The second kappa shape index (κ2) is 18.9. The summed E-state index contributed by atoms with van der Waals surface area (Å²) in [7, 11) is -1.78. The zero-order chi connectivity index (χ0) is 44.0. The maximum absolute atomic E-state index is 14.7. The fraction of sp³-hybridized carbons (Fsp3) is 0.171. The maximum atomic E-state index is 14.7. The molecule has 13 nitrogen and oxygen atoms in total. The van der Waals surface area contributed by atoms with Gasteiger partial charge in [0, 0.05) is 42.9 Å². The molecule has 1 fully saturated rings. The van der Waals surface area contributed by atoms with E-state index in [-0.39, 0.29) is 47.4 Å². The van der Waals surface area contributed by atoms with Gasteiger partial charge in [-0.3, -0.25) is 14.4 Å². The first-order chi connectivity index (χ1) is 29.1. The van der Waals surface area contributed by atoms with Crippen molar-refractivity contribution in [2.24, 2.45) is 0 Å². The third-order valence-electron chi connectivity index (χ3n) is 9.66. The summed E-state index contributed by atoms with van der Waals surface area (Å²) >= 11 is 0. The van der Waals surface area contributed by atoms with Crippen molar-refractivity contribution in [1.82, 2.24) is 35.3 Å². The zero-order valence-electron chi connectivity index (χ0n) is 31.9. The SMILES string of the molecule is C=CC(=O)N1CCC[C@@H](n2nc(-c3ccc(F)c(CNC(=O)c4cc(F)ccc4F)c3)c3c(N)ncnc32)C1.O=C(NCc1cc(B(O)O)ccc1F)c1cc(F)ccc1F. The van der Waals surface area contributed by atoms with Crippen LogP contribution >= 0.6 is 0 Å². The number of amides is 3. The van der Waals surface area contributed by atoms with Gasteiger partial charge in [-0.05, 0) is 85.0 Å². The number of hydrogen-bond donors (Lipinski definition) is 5. The highest BCUT2D eigenvalue weighted by molar-refractivity contribution is 6.58. The number of aromatic nitrogens is 4. The van der Waals surface area contributed by atoms with E-state index in [0.29, 0.717) is 35.4 Å². The predicted octanol–water partition coefficient (Wildman–Crippen LogP) is 4.49. The van der Waals surface area contributed by atoms with Crippen LogP contribution in [0.25, 0.3) is 22.3 Å². The van der Waals surface area contributed by atoms with Gasteiger partial charge in [0.1, 0.15) is 52.7 Å². The van der Waals surface area contributed by atoms with E-state index in [1.165, 1.54) is 36.7 Å². The maximum Gasteiger partial charge on any atom is 0.488 e. The van der Waals surface area contributed by atoms with Gasteiger partial charge in [0.05, 0.1) is 22.6 Å². The molecule has 1 aliphatic heterocycles. The van der Waals surface area contributed by atoms with Gasteiger partial charge in [-0.25, -0.2) is 41.0 Å². The third-order valence-corrected chi connectivity index (χ3v) is 9.66. The van der Waals surface area contributed by atoms with Crippen LogP contribution in [0.5, 0.6) is 0 Å². The summed E-state index contributed by atoms with van der Waals surface area (Å²) in [6, 6.07) is 12.3. The monoisotopic (exact) mass is 844 g/mol. The first-order valence-corrected chi connectivity index (χ1v) is 18.4. The lowest BCUT2D eigenvalue weighted by Gasteiger charge is -2.32. The molecule has 0 aliphatic carbocycles. The quantitative estimate of drug-likeness (QED) is 0.0753. The van der Waals surface area contributed by atoms with Gasteiger partial charge in [0.25, 0.3) is 11.8 Å². The van der Waals surface area contributed by atoms with Crippen molar-refractivity contribution >= 4 is 47.2 Å². The van der Waals surface area contributed by atoms with E-state index < -0.39 is 65.0 Å². The number of nitrogens with one attached hydrogen (secondary N) is 2. The molecule has 314 valence electrons. The molecule has 1 aliphatic rings. The fourth-order valence-corrected chi connectivity index (χ4v) is 6.57. The van der Waals surface area contributed by atoms with Gasteiger partial charge in [0.15, 0.2) is 5.65 Å². The zero-order valence-corrected chi connectivity index (χ0v) is 31.9. The van der Waals surface area contributed by atoms with Crippen LogP contribution in [0.3, 0.4) is 0 Å². The number of rotatable bonds is 10. The summed E-state index contributed by atoms with van der Waals surface area (Å²) in [5.41, 5.74) is 6.70. The Balaban J connectivity index is 0.000000240. The number of hydrogen-bond acceptors (Lipinski definition) is 9. The lowest BCUT2D eigenvalue weighted by Crippen LogP contribution is -2.40. The number of nitrogens with zero attached hydrogens (tertiary/aromatic N) is 5. The minimum atomic E-state index is -1.78. The number of likely N-dealkylation sites (tertiary alicyclic amines) is 1. The van der Waals surface area contributed by atoms with Crippen LogP contribution in [0.2, 0.25) is 0 Å². The van der Waals surface area contributed by atoms with Gasteiger partial charge < -0.3 is 31.3 Å². The lowest BCUT2D eigenvalue weighted by molar-refractivity contribution is -0.127. The van der Waals surface area contributed by atoms with Crippen molar-refractivity contribution in [3.05, 3.63) is 149 Å². The van der Waals surface area contributed by atoms with E-state index >= 15 is 0 Å². The fourth-order valence-electron chi connectivity index (χ4n) is 6.57. The van der Waals surface area contributed by atoms with E-state index in [1.54, 1.807) is 9.58 Å². The molecule has 6 N–H and O–H groups in total. The molecule has 0 spiro atoms. The molecule has 3 amide bonds. The van der Waals surface area contributed by atoms with E-state index in [0.717, 1.165) is 61.4 Å². The minimum Gasteiger partial charge on any atom is -0.423 e. The Labute approximate surface area is 343 Å².